The highest BCUT2D eigenvalue weighted by Crippen LogP contribution is 2.31. The molecular formula is C16H23N5. The maximum atomic E-state index is 3.94. The van der Waals surface area contributed by atoms with Crippen LogP contribution in [0.5, 0.6) is 0 Å². The first-order valence-corrected chi connectivity index (χ1v) is 7.82. The van der Waals surface area contributed by atoms with Crippen LogP contribution in [0.4, 0.5) is 5.69 Å². The Balaban J connectivity index is 1.69. The Bertz CT molecular complexity index is 564. The van der Waals surface area contributed by atoms with Gasteiger partial charge in [0.15, 0.2) is 0 Å². The summed E-state index contributed by atoms with van der Waals surface area (Å²) in [6.45, 7) is 4.68. The van der Waals surface area contributed by atoms with Crippen LogP contribution in [0.25, 0.3) is 5.69 Å². The van der Waals surface area contributed by atoms with Gasteiger partial charge in [0.2, 0.25) is 0 Å². The second-order valence-corrected chi connectivity index (χ2v) is 6.32. The summed E-state index contributed by atoms with van der Waals surface area (Å²) >= 11 is 0. The summed E-state index contributed by atoms with van der Waals surface area (Å²) in [4.78, 5) is 0. The van der Waals surface area contributed by atoms with E-state index in [1.807, 2.05) is 12.1 Å². The zero-order valence-electron chi connectivity index (χ0n) is 12.7. The van der Waals surface area contributed by atoms with Gasteiger partial charge in [-0.25, -0.2) is 4.68 Å². The maximum Gasteiger partial charge on any atom is 0.143 e. The molecule has 1 aliphatic carbocycles. The van der Waals surface area contributed by atoms with Crippen LogP contribution in [0.2, 0.25) is 0 Å². The molecule has 5 heteroatoms. The fraction of sp³-hybridized carbons (Fsp3) is 0.562. The number of aromatic nitrogens is 4. The molecule has 112 valence electrons. The number of nitrogens with zero attached hydrogens (tertiary/aromatic N) is 4. The van der Waals surface area contributed by atoms with E-state index in [0.29, 0.717) is 6.04 Å². The third-order valence-electron chi connectivity index (χ3n) is 4.49. The van der Waals surface area contributed by atoms with E-state index >= 15 is 0 Å². The molecule has 3 rings (SSSR count). The molecule has 1 aromatic heterocycles. The Morgan fingerprint density at radius 2 is 2.19 bits per heavy atom. The molecule has 0 aliphatic heterocycles. The molecule has 0 bridgehead atoms. The summed E-state index contributed by atoms with van der Waals surface area (Å²) in [5.41, 5.74) is 2.14. The van der Waals surface area contributed by atoms with Gasteiger partial charge in [-0.3, -0.25) is 0 Å². The van der Waals surface area contributed by atoms with Crippen LogP contribution >= 0.6 is 0 Å². The van der Waals surface area contributed by atoms with Gasteiger partial charge in [-0.1, -0.05) is 32.8 Å². The Morgan fingerprint density at radius 1 is 1.29 bits per heavy atom. The van der Waals surface area contributed by atoms with Crippen molar-refractivity contribution in [1.82, 2.24) is 20.2 Å². The topological polar surface area (TPSA) is 55.6 Å². The average molecular weight is 285 g/mol. The zero-order valence-corrected chi connectivity index (χ0v) is 12.7. The van der Waals surface area contributed by atoms with E-state index in [1.54, 1.807) is 11.0 Å². The summed E-state index contributed by atoms with van der Waals surface area (Å²) in [5, 5.41) is 15.0. The summed E-state index contributed by atoms with van der Waals surface area (Å²) in [6.07, 6.45) is 6.85. The molecule has 0 saturated heterocycles. The molecular weight excluding hydrogens is 262 g/mol. The van der Waals surface area contributed by atoms with E-state index in [-0.39, 0.29) is 0 Å². The lowest BCUT2D eigenvalue weighted by atomic mass is 9.79. The van der Waals surface area contributed by atoms with Gasteiger partial charge in [-0.2, -0.15) is 0 Å². The van der Waals surface area contributed by atoms with Crippen molar-refractivity contribution in [2.24, 2.45) is 11.8 Å². The predicted molar refractivity (Wildman–Crippen MR) is 83.4 cm³/mol. The minimum Gasteiger partial charge on any atom is -0.382 e. The number of benzene rings is 1. The van der Waals surface area contributed by atoms with Gasteiger partial charge in [0.05, 0.1) is 5.69 Å². The van der Waals surface area contributed by atoms with Gasteiger partial charge in [0.1, 0.15) is 6.33 Å². The fourth-order valence-electron chi connectivity index (χ4n) is 3.22. The molecule has 1 saturated carbocycles. The van der Waals surface area contributed by atoms with Crippen molar-refractivity contribution in [2.45, 2.75) is 45.6 Å². The van der Waals surface area contributed by atoms with Crippen molar-refractivity contribution in [3.63, 3.8) is 0 Å². The van der Waals surface area contributed by atoms with Crippen molar-refractivity contribution in [2.75, 3.05) is 5.32 Å². The molecule has 21 heavy (non-hydrogen) atoms. The number of hydrogen-bond donors (Lipinski definition) is 1. The molecule has 0 spiro atoms. The van der Waals surface area contributed by atoms with Crippen LogP contribution in [0, 0.1) is 11.8 Å². The lowest BCUT2D eigenvalue weighted by Gasteiger charge is -2.32. The molecule has 0 radical (unpaired) electrons. The van der Waals surface area contributed by atoms with E-state index in [0.717, 1.165) is 23.2 Å². The van der Waals surface area contributed by atoms with Crippen molar-refractivity contribution < 1.29 is 0 Å². The van der Waals surface area contributed by atoms with Gasteiger partial charge in [-0.05, 0) is 53.3 Å². The van der Waals surface area contributed by atoms with Crippen LogP contribution in [0.3, 0.4) is 0 Å². The third kappa shape index (κ3) is 3.40. The Morgan fingerprint density at radius 3 is 2.95 bits per heavy atom. The lowest BCUT2D eigenvalue weighted by Crippen LogP contribution is -2.29. The maximum absolute atomic E-state index is 3.94. The number of anilines is 1. The first kappa shape index (κ1) is 14.0. The van der Waals surface area contributed by atoms with Crippen LogP contribution in [0.1, 0.15) is 39.5 Å². The van der Waals surface area contributed by atoms with E-state index < -0.39 is 0 Å². The predicted octanol–water partition coefficient (Wildman–Crippen LogP) is 3.29. The summed E-state index contributed by atoms with van der Waals surface area (Å²) in [5.74, 6) is 1.63. The Labute approximate surface area is 125 Å². The minimum atomic E-state index is 0.579. The molecule has 1 aromatic carbocycles. The third-order valence-corrected chi connectivity index (χ3v) is 4.49. The standard InChI is InChI=1S/C16H23N5/c1-12(2)13-5-3-6-14(9-13)18-15-7-4-8-16(10-15)21-11-17-19-20-21/h4,7-8,10-14,18H,3,5-6,9H2,1-2H3. The second-order valence-electron chi connectivity index (χ2n) is 6.32. The molecule has 1 heterocycles. The SMILES string of the molecule is CC(C)C1CCCC(Nc2cccc(-n3cnnn3)c2)C1. The van der Waals surface area contributed by atoms with Crippen molar-refractivity contribution >= 4 is 5.69 Å². The average Bonchev–Trinajstić information content (AvgIpc) is 3.02. The smallest absolute Gasteiger partial charge is 0.143 e. The highest BCUT2D eigenvalue weighted by molar-refractivity contribution is 5.51. The highest BCUT2D eigenvalue weighted by atomic mass is 15.5. The molecule has 2 aromatic rings. The van der Waals surface area contributed by atoms with Crippen LogP contribution < -0.4 is 5.32 Å². The summed E-state index contributed by atoms with van der Waals surface area (Å²) in [7, 11) is 0. The zero-order chi connectivity index (χ0) is 14.7. The summed E-state index contributed by atoms with van der Waals surface area (Å²) < 4.78 is 1.68. The number of tetrazole rings is 1. The van der Waals surface area contributed by atoms with Gasteiger partial charge < -0.3 is 5.32 Å². The van der Waals surface area contributed by atoms with Crippen LogP contribution in [-0.4, -0.2) is 26.2 Å². The monoisotopic (exact) mass is 285 g/mol. The number of hydrogen-bond acceptors (Lipinski definition) is 4. The molecule has 1 fully saturated rings. The molecule has 0 amide bonds. The quantitative estimate of drug-likeness (QED) is 0.936. The molecule has 1 N–H and O–H groups in total. The van der Waals surface area contributed by atoms with Crippen molar-refractivity contribution in [3.05, 3.63) is 30.6 Å². The molecule has 5 nitrogen and oxygen atoms in total. The largest absolute Gasteiger partial charge is 0.382 e. The first-order chi connectivity index (χ1) is 10.2. The lowest BCUT2D eigenvalue weighted by molar-refractivity contribution is 0.264. The highest BCUT2D eigenvalue weighted by Gasteiger charge is 2.23. The fourth-order valence-corrected chi connectivity index (χ4v) is 3.22. The van der Waals surface area contributed by atoms with E-state index in [2.05, 4.69) is 46.8 Å². The molecule has 2 unspecified atom stereocenters. The van der Waals surface area contributed by atoms with E-state index in [4.69, 9.17) is 0 Å². The summed E-state index contributed by atoms with van der Waals surface area (Å²) in [6, 6.07) is 8.86. The van der Waals surface area contributed by atoms with Gasteiger partial charge in [0, 0.05) is 11.7 Å². The van der Waals surface area contributed by atoms with E-state index in [9.17, 15) is 0 Å². The Hall–Kier alpha value is -1.91. The molecule has 1 aliphatic rings. The van der Waals surface area contributed by atoms with Crippen LogP contribution in [0.15, 0.2) is 30.6 Å². The van der Waals surface area contributed by atoms with Gasteiger partial charge >= 0.3 is 0 Å². The van der Waals surface area contributed by atoms with Crippen molar-refractivity contribution in [1.29, 1.82) is 0 Å². The molecule has 2 atom stereocenters. The minimum absolute atomic E-state index is 0.579. The van der Waals surface area contributed by atoms with Gasteiger partial charge in [0.25, 0.3) is 0 Å². The normalized spacial score (nSPS) is 22.4. The second kappa shape index (κ2) is 6.24. The van der Waals surface area contributed by atoms with Crippen LogP contribution in [-0.2, 0) is 0 Å². The van der Waals surface area contributed by atoms with Crippen molar-refractivity contribution in [3.8, 4) is 5.69 Å². The number of rotatable bonds is 4. The van der Waals surface area contributed by atoms with Gasteiger partial charge in [-0.15, -0.1) is 5.10 Å². The Kier molecular flexibility index (Phi) is 4.18. The number of nitrogens with one attached hydrogen (secondary N) is 1. The van der Waals surface area contributed by atoms with E-state index in [1.165, 1.54) is 25.7 Å². The first-order valence-electron chi connectivity index (χ1n) is 7.82.